The second kappa shape index (κ2) is 9.79. The van der Waals surface area contributed by atoms with Crippen molar-refractivity contribution in [1.29, 1.82) is 0 Å². The van der Waals surface area contributed by atoms with Crippen LogP contribution in [0.4, 0.5) is 0 Å². The van der Waals surface area contributed by atoms with Gasteiger partial charge >= 0.3 is 20.8 Å². The Bertz CT molecular complexity index is 517. The van der Waals surface area contributed by atoms with Crippen molar-refractivity contribution in [3.05, 3.63) is 18.7 Å². The lowest BCUT2D eigenvalue weighted by molar-refractivity contribution is -0.671. The van der Waals surface area contributed by atoms with Gasteiger partial charge in [-0.2, -0.15) is 16.8 Å². The van der Waals surface area contributed by atoms with Gasteiger partial charge in [-0.25, -0.2) is 9.13 Å². The molecule has 0 spiro atoms. The lowest BCUT2D eigenvalue weighted by atomic mass is 10.3. The second-order valence-electron chi connectivity index (χ2n) is 3.57. The highest BCUT2D eigenvalue weighted by Gasteiger charge is 1.96. The van der Waals surface area contributed by atoms with Crippen LogP contribution < -0.4 is 4.57 Å². The standard InChI is InChI=1S/C8H15N2.2H2O4S/c1-3-4-5-10-7-6-9(2)8-10;2*1-5(2,3)4/h6-8H,3-5H2,1-2H3;2*(H2,1,2,3,4)/q+1;;. The zero-order chi connectivity index (χ0) is 16.4. The molecular weight excluding hydrogens is 316 g/mol. The minimum atomic E-state index is -4.67. The van der Waals surface area contributed by atoms with Crippen LogP contribution in [0.2, 0.25) is 0 Å². The lowest BCUT2D eigenvalue weighted by Gasteiger charge is -1.90. The predicted octanol–water partition coefficient (Wildman–Crippen LogP) is -0.193. The summed E-state index contributed by atoms with van der Waals surface area (Å²) in [4.78, 5) is 0. The van der Waals surface area contributed by atoms with Crippen LogP contribution in [-0.4, -0.2) is 39.6 Å². The maximum Gasteiger partial charge on any atom is 0.394 e. The summed E-state index contributed by atoms with van der Waals surface area (Å²) in [5.74, 6) is 0. The van der Waals surface area contributed by atoms with Crippen LogP contribution >= 0.6 is 0 Å². The molecule has 1 rings (SSSR count). The highest BCUT2D eigenvalue weighted by molar-refractivity contribution is 7.80. The lowest BCUT2D eigenvalue weighted by Crippen LogP contribution is -2.23. The van der Waals surface area contributed by atoms with Gasteiger partial charge < -0.3 is 0 Å². The zero-order valence-electron chi connectivity index (χ0n) is 11.0. The summed E-state index contributed by atoms with van der Waals surface area (Å²) in [6.45, 7) is 3.36. The molecule has 10 nitrogen and oxygen atoms in total. The SMILES string of the molecule is CCCCn1cc[n+](C)c1.O=S(=O)(O)O.O=S(=O)(O)O. The van der Waals surface area contributed by atoms with E-state index in [4.69, 9.17) is 35.0 Å². The fourth-order valence-electron chi connectivity index (χ4n) is 0.975. The third kappa shape index (κ3) is 30.2. The van der Waals surface area contributed by atoms with Crippen molar-refractivity contribution < 1.29 is 39.6 Å². The van der Waals surface area contributed by atoms with Gasteiger partial charge in [0.1, 0.15) is 12.4 Å². The van der Waals surface area contributed by atoms with E-state index >= 15 is 0 Å². The van der Waals surface area contributed by atoms with E-state index in [2.05, 4.69) is 34.8 Å². The number of rotatable bonds is 3. The molecule has 4 N–H and O–H groups in total. The first kappa shape index (κ1) is 21.3. The van der Waals surface area contributed by atoms with Gasteiger partial charge in [0.05, 0.1) is 13.6 Å². The van der Waals surface area contributed by atoms with Crippen molar-refractivity contribution in [1.82, 2.24) is 4.57 Å². The number of imidazole rings is 1. The first-order chi connectivity index (χ1) is 8.83. The summed E-state index contributed by atoms with van der Waals surface area (Å²) < 4.78 is 67.4. The normalized spacial score (nSPS) is 10.9. The van der Waals surface area contributed by atoms with E-state index in [-0.39, 0.29) is 0 Å². The van der Waals surface area contributed by atoms with Crippen molar-refractivity contribution in [2.75, 3.05) is 0 Å². The van der Waals surface area contributed by atoms with Gasteiger partial charge in [-0.1, -0.05) is 13.3 Å². The summed E-state index contributed by atoms with van der Waals surface area (Å²) in [6.07, 6.45) is 8.82. The van der Waals surface area contributed by atoms with Crippen molar-refractivity contribution in [2.45, 2.75) is 26.3 Å². The van der Waals surface area contributed by atoms with Crippen LogP contribution in [0.3, 0.4) is 0 Å². The monoisotopic (exact) mass is 335 g/mol. The minimum Gasteiger partial charge on any atom is -0.264 e. The number of nitrogens with zero attached hydrogens (tertiary/aromatic N) is 2. The molecule has 12 heteroatoms. The molecule has 0 aromatic carbocycles. The molecule has 1 aromatic heterocycles. The number of aryl methyl sites for hydroxylation is 2. The van der Waals surface area contributed by atoms with Crippen LogP contribution in [-0.2, 0) is 34.4 Å². The molecule has 120 valence electrons. The van der Waals surface area contributed by atoms with Gasteiger partial charge in [0.15, 0.2) is 0 Å². The number of aromatic nitrogens is 2. The Morgan fingerprint density at radius 1 is 1.05 bits per heavy atom. The summed E-state index contributed by atoms with van der Waals surface area (Å²) in [7, 11) is -7.29. The van der Waals surface area contributed by atoms with E-state index in [9.17, 15) is 0 Å². The first-order valence-electron chi connectivity index (χ1n) is 5.23. The maximum atomic E-state index is 8.74. The number of hydrogen-bond donors (Lipinski definition) is 4. The fraction of sp³-hybridized carbons (Fsp3) is 0.625. The van der Waals surface area contributed by atoms with Gasteiger partial charge in [0.25, 0.3) is 0 Å². The topological polar surface area (TPSA) is 158 Å². The third-order valence-corrected chi connectivity index (χ3v) is 1.59. The Kier molecular flexibility index (Phi) is 10.4. The molecule has 0 aliphatic carbocycles. The molecule has 0 amide bonds. The van der Waals surface area contributed by atoms with Gasteiger partial charge in [-0.3, -0.25) is 18.2 Å². The quantitative estimate of drug-likeness (QED) is 0.437. The third-order valence-electron chi connectivity index (χ3n) is 1.59. The Morgan fingerprint density at radius 2 is 1.45 bits per heavy atom. The summed E-state index contributed by atoms with van der Waals surface area (Å²) in [5, 5.41) is 0. The molecule has 0 saturated heterocycles. The highest BCUT2D eigenvalue weighted by atomic mass is 32.3. The van der Waals surface area contributed by atoms with Gasteiger partial charge in [-0.05, 0) is 6.42 Å². The molecule has 0 saturated carbocycles. The summed E-state index contributed by atoms with van der Waals surface area (Å²) in [5.41, 5.74) is 0. The van der Waals surface area contributed by atoms with Crippen LogP contribution in [0.15, 0.2) is 18.7 Å². The first-order valence-corrected chi connectivity index (χ1v) is 8.03. The van der Waals surface area contributed by atoms with E-state index < -0.39 is 20.8 Å². The van der Waals surface area contributed by atoms with Crippen molar-refractivity contribution in [3.63, 3.8) is 0 Å². The maximum absolute atomic E-state index is 8.74. The van der Waals surface area contributed by atoms with Crippen molar-refractivity contribution in [3.8, 4) is 0 Å². The molecule has 1 heterocycles. The molecule has 0 aliphatic rings. The number of unbranched alkanes of at least 4 members (excludes halogenated alkanes) is 1. The predicted molar refractivity (Wildman–Crippen MR) is 68.9 cm³/mol. The van der Waals surface area contributed by atoms with E-state index in [1.807, 2.05) is 7.05 Å². The highest BCUT2D eigenvalue weighted by Crippen LogP contribution is 1.91. The molecule has 0 aliphatic heterocycles. The second-order valence-corrected chi connectivity index (χ2v) is 5.36. The molecule has 0 unspecified atom stereocenters. The van der Waals surface area contributed by atoms with E-state index in [0.29, 0.717) is 0 Å². The van der Waals surface area contributed by atoms with Crippen molar-refractivity contribution >= 4 is 20.8 Å². The Labute approximate surface area is 117 Å². The molecule has 0 bridgehead atoms. The van der Waals surface area contributed by atoms with Gasteiger partial charge in [0, 0.05) is 0 Å². The Balaban J connectivity index is 0. The van der Waals surface area contributed by atoms with E-state index in [1.54, 1.807) is 0 Å². The van der Waals surface area contributed by atoms with E-state index in [1.165, 1.54) is 12.8 Å². The zero-order valence-corrected chi connectivity index (χ0v) is 12.6. The van der Waals surface area contributed by atoms with Crippen LogP contribution in [0.5, 0.6) is 0 Å². The Hall–Kier alpha value is -1.05. The van der Waals surface area contributed by atoms with Gasteiger partial charge in [0.2, 0.25) is 6.33 Å². The van der Waals surface area contributed by atoms with Crippen LogP contribution in [0.25, 0.3) is 0 Å². The summed E-state index contributed by atoms with van der Waals surface area (Å²) >= 11 is 0. The van der Waals surface area contributed by atoms with Gasteiger partial charge in [-0.15, -0.1) is 0 Å². The number of hydrogen-bond acceptors (Lipinski definition) is 4. The Morgan fingerprint density at radius 3 is 1.70 bits per heavy atom. The largest absolute Gasteiger partial charge is 0.394 e. The summed E-state index contributed by atoms with van der Waals surface area (Å²) in [6, 6.07) is 0. The minimum absolute atomic E-state index is 1.15. The molecule has 0 fully saturated rings. The fourth-order valence-corrected chi connectivity index (χ4v) is 0.975. The molecular formula is C8H19N2O8S2+. The average Bonchev–Trinajstić information content (AvgIpc) is 2.56. The van der Waals surface area contributed by atoms with E-state index in [0.717, 1.165) is 6.54 Å². The molecule has 20 heavy (non-hydrogen) atoms. The molecule has 0 atom stereocenters. The molecule has 1 aromatic rings. The van der Waals surface area contributed by atoms with Crippen molar-refractivity contribution in [2.24, 2.45) is 7.05 Å². The average molecular weight is 335 g/mol. The molecule has 0 radical (unpaired) electrons. The van der Waals surface area contributed by atoms with Crippen LogP contribution in [0, 0.1) is 0 Å². The smallest absolute Gasteiger partial charge is 0.264 e. The van der Waals surface area contributed by atoms with Crippen LogP contribution in [0.1, 0.15) is 19.8 Å².